The number of rotatable bonds is 3. The highest BCUT2D eigenvalue weighted by Crippen LogP contribution is 2.24. The molecular weight excluding hydrogens is 312 g/mol. The molecule has 1 amide bonds. The van der Waals surface area contributed by atoms with Gasteiger partial charge in [-0.3, -0.25) is 9.89 Å². The van der Waals surface area contributed by atoms with Crippen LogP contribution >= 0.6 is 0 Å². The molecule has 0 spiro atoms. The third-order valence-corrected chi connectivity index (χ3v) is 4.20. The Morgan fingerprint density at radius 1 is 1.16 bits per heavy atom. The summed E-state index contributed by atoms with van der Waals surface area (Å²) in [7, 11) is 0. The lowest BCUT2D eigenvalue weighted by molar-refractivity contribution is 0.0941. The van der Waals surface area contributed by atoms with E-state index in [-0.39, 0.29) is 11.3 Å². The number of aromatic nitrogens is 2. The number of hydrogen-bond donors (Lipinski definition) is 2. The molecule has 0 aliphatic rings. The summed E-state index contributed by atoms with van der Waals surface area (Å²) in [6.45, 7) is 6.40. The Hall–Kier alpha value is -3.13. The van der Waals surface area contributed by atoms with Gasteiger partial charge >= 0.3 is 0 Å². The van der Waals surface area contributed by atoms with Crippen LogP contribution in [0.15, 0.2) is 48.5 Å². The summed E-state index contributed by atoms with van der Waals surface area (Å²) in [5.41, 5.74) is 3.05. The maximum absolute atomic E-state index is 12.5. The van der Waals surface area contributed by atoms with Gasteiger partial charge in [-0.25, -0.2) is 0 Å². The fraction of sp³-hybridized carbons (Fsp3) is 0.250. The van der Waals surface area contributed by atoms with Crippen LogP contribution in [-0.4, -0.2) is 16.1 Å². The fourth-order valence-corrected chi connectivity index (χ4v) is 2.70. The quantitative estimate of drug-likeness (QED) is 0.764. The first-order valence-corrected chi connectivity index (χ1v) is 8.14. The smallest absolute Gasteiger partial charge is 0.273 e. The Bertz CT molecular complexity index is 942. The molecule has 0 saturated heterocycles. The van der Waals surface area contributed by atoms with Crippen LogP contribution < -0.4 is 5.32 Å². The number of amides is 1. The van der Waals surface area contributed by atoms with E-state index in [1.54, 1.807) is 0 Å². The van der Waals surface area contributed by atoms with E-state index in [1.165, 1.54) is 5.56 Å². The monoisotopic (exact) mass is 332 g/mol. The normalized spacial score (nSPS) is 12.6. The van der Waals surface area contributed by atoms with Gasteiger partial charge in [0.25, 0.3) is 5.91 Å². The highest BCUT2D eigenvalue weighted by Gasteiger charge is 2.20. The van der Waals surface area contributed by atoms with E-state index in [0.29, 0.717) is 5.69 Å². The second-order valence-electron chi connectivity index (χ2n) is 7.03. The molecule has 2 N–H and O–H groups in total. The maximum Gasteiger partial charge on any atom is 0.273 e. The van der Waals surface area contributed by atoms with Crippen molar-refractivity contribution >= 4 is 16.8 Å². The van der Waals surface area contributed by atoms with E-state index in [9.17, 15) is 10.1 Å². The lowest BCUT2D eigenvalue weighted by atomic mass is 9.86. The molecule has 1 heterocycles. The van der Waals surface area contributed by atoms with Crippen molar-refractivity contribution < 1.29 is 4.79 Å². The highest BCUT2D eigenvalue weighted by atomic mass is 16.2. The van der Waals surface area contributed by atoms with E-state index < -0.39 is 6.04 Å². The minimum absolute atomic E-state index is 0.0396. The summed E-state index contributed by atoms with van der Waals surface area (Å²) in [4.78, 5) is 12.5. The Labute approximate surface area is 146 Å². The number of nitrogens with zero attached hydrogens (tertiary/aromatic N) is 2. The van der Waals surface area contributed by atoms with Crippen LogP contribution in [0.3, 0.4) is 0 Å². The number of hydrogen-bond acceptors (Lipinski definition) is 3. The van der Waals surface area contributed by atoms with Crippen molar-refractivity contribution in [3.8, 4) is 6.07 Å². The number of benzene rings is 2. The summed E-state index contributed by atoms with van der Waals surface area (Å²) in [6, 6.07) is 16.6. The molecule has 0 saturated carbocycles. The van der Waals surface area contributed by atoms with Crippen LogP contribution in [-0.2, 0) is 5.41 Å². The summed E-state index contributed by atoms with van der Waals surface area (Å²) in [6.07, 6.45) is 0. The van der Waals surface area contributed by atoms with Crippen molar-refractivity contribution in [3.05, 3.63) is 65.4 Å². The largest absolute Gasteiger partial charge is 0.331 e. The van der Waals surface area contributed by atoms with Crippen LogP contribution in [0.5, 0.6) is 0 Å². The molecule has 0 fully saturated rings. The number of carbonyl (C=O) groups is 1. The predicted octanol–water partition coefficient (Wildman–Crippen LogP) is 3.86. The molecule has 1 aromatic heterocycles. The maximum atomic E-state index is 12.5. The van der Waals surface area contributed by atoms with Crippen molar-refractivity contribution in [2.45, 2.75) is 32.2 Å². The molecule has 1 atom stereocenters. The van der Waals surface area contributed by atoms with E-state index in [0.717, 1.165) is 16.5 Å². The summed E-state index contributed by atoms with van der Waals surface area (Å²) < 4.78 is 0. The number of nitrogens with one attached hydrogen (secondary N) is 2. The zero-order valence-corrected chi connectivity index (χ0v) is 14.5. The molecule has 0 radical (unpaired) electrons. The summed E-state index contributed by atoms with van der Waals surface area (Å²) in [5, 5.41) is 19.9. The Balaban J connectivity index is 1.83. The van der Waals surface area contributed by atoms with Crippen LogP contribution in [0.4, 0.5) is 0 Å². The van der Waals surface area contributed by atoms with Crippen LogP contribution in [0.1, 0.15) is 48.4 Å². The first kappa shape index (κ1) is 16.7. The van der Waals surface area contributed by atoms with Gasteiger partial charge < -0.3 is 5.32 Å². The number of H-pyrrole nitrogens is 1. The molecule has 0 aliphatic carbocycles. The molecular formula is C20H20N4O. The molecule has 1 unspecified atom stereocenters. The fourth-order valence-electron chi connectivity index (χ4n) is 2.70. The molecule has 3 aromatic rings. The number of nitriles is 1. The minimum Gasteiger partial charge on any atom is -0.331 e. The standard InChI is InChI=1S/C20H20N4O/c1-20(2,3)14-10-8-13(9-11-14)17(12-21)22-19(25)18-15-6-4-5-7-16(15)23-24-18/h4-11,17H,1-3H3,(H,22,25)(H,23,24). The third-order valence-electron chi connectivity index (χ3n) is 4.20. The molecule has 0 bridgehead atoms. The van der Waals surface area contributed by atoms with Gasteiger partial charge in [0, 0.05) is 5.39 Å². The minimum atomic E-state index is -0.725. The molecule has 25 heavy (non-hydrogen) atoms. The first-order valence-electron chi connectivity index (χ1n) is 8.14. The van der Waals surface area contributed by atoms with Gasteiger partial charge in [0.15, 0.2) is 5.69 Å². The Morgan fingerprint density at radius 2 is 1.84 bits per heavy atom. The van der Waals surface area contributed by atoms with Gasteiger partial charge in [-0.15, -0.1) is 0 Å². The molecule has 2 aromatic carbocycles. The number of carbonyl (C=O) groups excluding carboxylic acids is 1. The zero-order chi connectivity index (χ0) is 18.0. The van der Waals surface area contributed by atoms with Crippen molar-refractivity contribution in [1.29, 1.82) is 5.26 Å². The average Bonchev–Trinajstić information content (AvgIpc) is 3.03. The Morgan fingerprint density at radius 3 is 2.48 bits per heavy atom. The van der Waals surface area contributed by atoms with Gasteiger partial charge in [0.05, 0.1) is 11.6 Å². The zero-order valence-electron chi connectivity index (χ0n) is 14.5. The van der Waals surface area contributed by atoms with E-state index in [1.807, 2.05) is 48.5 Å². The van der Waals surface area contributed by atoms with Crippen molar-refractivity contribution in [2.24, 2.45) is 0 Å². The van der Waals surface area contributed by atoms with E-state index in [4.69, 9.17) is 0 Å². The third kappa shape index (κ3) is 3.38. The van der Waals surface area contributed by atoms with Crippen LogP contribution in [0.2, 0.25) is 0 Å². The van der Waals surface area contributed by atoms with Crippen molar-refractivity contribution in [2.75, 3.05) is 0 Å². The first-order chi connectivity index (χ1) is 11.9. The van der Waals surface area contributed by atoms with Gasteiger partial charge in [-0.1, -0.05) is 63.2 Å². The second-order valence-corrected chi connectivity index (χ2v) is 7.03. The van der Waals surface area contributed by atoms with Crippen LogP contribution in [0, 0.1) is 11.3 Å². The van der Waals surface area contributed by atoms with Crippen molar-refractivity contribution in [1.82, 2.24) is 15.5 Å². The predicted molar refractivity (Wildman–Crippen MR) is 97.1 cm³/mol. The lowest BCUT2D eigenvalue weighted by Gasteiger charge is -2.20. The van der Waals surface area contributed by atoms with Gasteiger partial charge in [-0.05, 0) is 22.6 Å². The number of para-hydroxylation sites is 1. The Kier molecular flexibility index (Phi) is 4.28. The topological polar surface area (TPSA) is 81.6 Å². The average molecular weight is 332 g/mol. The van der Waals surface area contributed by atoms with E-state index in [2.05, 4.69) is 42.4 Å². The van der Waals surface area contributed by atoms with Gasteiger partial charge in [-0.2, -0.15) is 10.4 Å². The summed E-state index contributed by atoms with van der Waals surface area (Å²) >= 11 is 0. The van der Waals surface area contributed by atoms with Crippen molar-refractivity contribution in [3.63, 3.8) is 0 Å². The SMILES string of the molecule is CC(C)(C)c1ccc(C(C#N)NC(=O)c2n[nH]c3ccccc23)cc1. The van der Waals surface area contributed by atoms with Crippen LogP contribution in [0.25, 0.3) is 10.9 Å². The molecule has 0 aliphatic heterocycles. The molecule has 5 nitrogen and oxygen atoms in total. The lowest BCUT2D eigenvalue weighted by Crippen LogP contribution is -2.28. The van der Waals surface area contributed by atoms with Gasteiger partial charge in [0.2, 0.25) is 0 Å². The molecule has 5 heteroatoms. The number of aromatic amines is 1. The molecule has 3 rings (SSSR count). The highest BCUT2D eigenvalue weighted by molar-refractivity contribution is 6.04. The summed E-state index contributed by atoms with van der Waals surface area (Å²) in [5.74, 6) is -0.371. The number of fused-ring (bicyclic) bond motifs is 1. The van der Waals surface area contributed by atoms with E-state index >= 15 is 0 Å². The second kappa shape index (κ2) is 6.40. The molecule has 126 valence electrons. The van der Waals surface area contributed by atoms with Gasteiger partial charge in [0.1, 0.15) is 6.04 Å².